The summed E-state index contributed by atoms with van der Waals surface area (Å²) in [7, 11) is 0. The van der Waals surface area contributed by atoms with Gasteiger partial charge in [-0.15, -0.1) is 0 Å². The van der Waals surface area contributed by atoms with E-state index in [0.717, 1.165) is 34.4 Å². The van der Waals surface area contributed by atoms with Gasteiger partial charge in [0.2, 0.25) is 0 Å². The minimum atomic E-state index is -0.109. The van der Waals surface area contributed by atoms with E-state index >= 15 is 0 Å². The first-order valence-electron chi connectivity index (χ1n) is 13.3. The Bertz CT molecular complexity index is 1620. The van der Waals surface area contributed by atoms with E-state index in [4.69, 9.17) is 15.0 Å². The molecule has 2 aromatic heterocycles. The highest BCUT2D eigenvalue weighted by Crippen LogP contribution is 2.36. The Balaban J connectivity index is 1.38. The highest BCUT2D eigenvalue weighted by molar-refractivity contribution is 5.78. The van der Waals surface area contributed by atoms with Crippen molar-refractivity contribution in [1.82, 2.24) is 19.9 Å². The van der Waals surface area contributed by atoms with Crippen molar-refractivity contribution >= 4 is 5.57 Å². The van der Waals surface area contributed by atoms with Crippen LogP contribution in [0.5, 0.6) is 0 Å². The molecule has 3 aromatic carbocycles. The SMILES string of the molecule is Cc1ccc(-c2nc(-c3ccc(C)cc3)nc(-c3cccc(C4=CCC(C)(c5ccccn5)C=C4)c3)n2)cc1. The van der Waals surface area contributed by atoms with Gasteiger partial charge in [-0.2, -0.15) is 0 Å². The second-order valence-corrected chi connectivity index (χ2v) is 10.4. The highest BCUT2D eigenvalue weighted by Gasteiger charge is 2.26. The lowest BCUT2D eigenvalue weighted by atomic mass is 9.78. The van der Waals surface area contributed by atoms with Crippen molar-refractivity contribution in [3.63, 3.8) is 0 Å². The van der Waals surface area contributed by atoms with Crippen LogP contribution in [0.15, 0.2) is 115 Å². The van der Waals surface area contributed by atoms with E-state index in [2.05, 4.69) is 129 Å². The molecule has 1 unspecified atom stereocenters. The molecular formula is C35H30N4. The summed E-state index contributed by atoms with van der Waals surface area (Å²) < 4.78 is 0. The molecule has 0 saturated heterocycles. The van der Waals surface area contributed by atoms with Crippen molar-refractivity contribution in [2.24, 2.45) is 0 Å². The maximum atomic E-state index is 4.93. The van der Waals surface area contributed by atoms with E-state index in [-0.39, 0.29) is 5.41 Å². The maximum Gasteiger partial charge on any atom is 0.164 e. The van der Waals surface area contributed by atoms with Crippen LogP contribution in [0, 0.1) is 13.8 Å². The minimum Gasteiger partial charge on any atom is -0.260 e. The van der Waals surface area contributed by atoms with Crippen molar-refractivity contribution < 1.29 is 0 Å². The normalized spacial score (nSPS) is 16.6. The molecule has 4 heteroatoms. The van der Waals surface area contributed by atoms with Crippen LogP contribution in [0.25, 0.3) is 39.7 Å². The molecule has 0 radical (unpaired) electrons. The Morgan fingerprint density at radius 2 is 1.21 bits per heavy atom. The molecule has 0 fully saturated rings. The van der Waals surface area contributed by atoms with Gasteiger partial charge in [0, 0.05) is 28.3 Å². The van der Waals surface area contributed by atoms with Crippen LogP contribution in [-0.2, 0) is 5.41 Å². The molecule has 1 aliphatic rings. The van der Waals surface area contributed by atoms with Crippen molar-refractivity contribution in [3.05, 3.63) is 138 Å². The summed E-state index contributed by atoms with van der Waals surface area (Å²) in [5.74, 6) is 2.00. The Labute approximate surface area is 229 Å². The number of rotatable bonds is 5. The van der Waals surface area contributed by atoms with E-state index in [0.29, 0.717) is 17.5 Å². The quantitative estimate of drug-likeness (QED) is 0.241. The van der Waals surface area contributed by atoms with E-state index < -0.39 is 0 Å². The molecule has 4 nitrogen and oxygen atoms in total. The zero-order chi connectivity index (χ0) is 26.8. The summed E-state index contributed by atoms with van der Waals surface area (Å²) in [5.41, 5.74) is 8.62. The van der Waals surface area contributed by atoms with Crippen molar-refractivity contribution in [1.29, 1.82) is 0 Å². The van der Waals surface area contributed by atoms with E-state index in [1.54, 1.807) is 0 Å². The number of aromatic nitrogens is 4. The van der Waals surface area contributed by atoms with Crippen LogP contribution in [0.3, 0.4) is 0 Å². The predicted octanol–water partition coefficient (Wildman–Crippen LogP) is 8.19. The molecule has 5 aromatic rings. The Morgan fingerprint density at radius 3 is 1.74 bits per heavy atom. The third kappa shape index (κ3) is 5.19. The van der Waals surface area contributed by atoms with Crippen LogP contribution in [-0.4, -0.2) is 19.9 Å². The summed E-state index contributed by atoms with van der Waals surface area (Å²) in [6.07, 6.45) is 9.53. The van der Waals surface area contributed by atoms with E-state index in [1.165, 1.54) is 16.7 Å². The lowest BCUT2D eigenvalue weighted by Crippen LogP contribution is -2.21. The molecule has 6 rings (SSSR count). The summed E-state index contributed by atoms with van der Waals surface area (Å²) in [5, 5.41) is 0. The number of nitrogens with zero attached hydrogens (tertiary/aromatic N) is 4. The first-order valence-corrected chi connectivity index (χ1v) is 13.3. The number of benzene rings is 3. The van der Waals surface area contributed by atoms with Gasteiger partial charge in [-0.25, -0.2) is 15.0 Å². The molecule has 0 spiro atoms. The number of hydrogen-bond acceptors (Lipinski definition) is 4. The van der Waals surface area contributed by atoms with Crippen LogP contribution in [0.4, 0.5) is 0 Å². The number of aryl methyl sites for hydroxylation is 2. The van der Waals surface area contributed by atoms with Gasteiger partial charge in [-0.1, -0.05) is 109 Å². The van der Waals surface area contributed by atoms with Crippen LogP contribution in [0.2, 0.25) is 0 Å². The standard InChI is InChI=1S/C35H30N4/c1-24-10-14-27(15-11-24)32-37-33(28-16-12-25(2)13-17-28)39-34(38-32)30-8-6-7-29(23-30)26-18-20-35(3,21-19-26)31-9-4-5-22-36-31/h4-20,22-23H,21H2,1-3H3. The van der Waals surface area contributed by atoms with Gasteiger partial charge in [0.25, 0.3) is 0 Å². The number of allylic oxidation sites excluding steroid dienone is 4. The zero-order valence-corrected chi connectivity index (χ0v) is 22.5. The molecular weight excluding hydrogens is 476 g/mol. The van der Waals surface area contributed by atoms with Gasteiger partial charge in [0.1, 0.15) is 0 Å². The third-order valence-corrected chi connectivity index (χ3v) is 7.34. The average Bonchev–Trinajstić information content (AvgIpc) is 2.99. The molecule has 0 bridgehead atoms. The minimum absolute atomic E-state index is 0.109. The fourth-order valence-electron chi connectivity index (χ4n) is 4.84. The van der Waals surface area contributed by atoms with Gasteiger partial charge < -0.3 is 0 Å². The zero-order valence-electron chi connectivity index (χ0n) is 22.5. The fraction of sp³-hybridized carbons (Fsp3) is 0.143. The summed E-state index contributed by atoms with van der Waals surface area (Å²) >= 11 is 0. The second kappa shape index (κ2) is 10.2. The number of hydrogen-bond donors (Lipinski definition) is 0. The largest absolute Gasteiger partial charge is 0.260 e. The lowest BCUT2D eigenvalue weighted by molar-refractivity contribution is 0.580. The Hall–Kier alpha value is -4.70. The first kappa shape index (κ1) is 24.6. The van der Waals surface area contributed by atoms with Gasteiger partial charge >= 0.3 is 0 Å². The van der Waals surface area contributed by atoms with Crippen molar-refractivity contribution in [2.45, 2.75) is 32.6 Å². The van der Waals surface area contributed by atoms with Crippen molar-refractivity contribution in [3.8, 4) is 34.2 Å². The summed E-state index contributed by atoms with van der Waals surface area (Å²) in [4.78, 5) is 19.3. The van der Waals surface area contributed by atoms with Crippen LogP contribution in [0.1, 0.15) is 35.7 Å². The molecule has 1 atom stereocenters. The predicted molar refractivity (Wildman–Crippen MR) is 159 cm³/mol. The molecule has 2 heterocycles. The molecule has 1 aliphatic carbocycles. The van der Waals surface area contributed by atoms with Gasteiger partial charge in [-0.3, -0.25) is 4.98 Å². The maximum absolute atomic E-state index is 4.93. The van der Waals surface area contributed by atoms with E-state index in [1.807, 2.05) is 12.3 Å². The van der Waals surface area contributed by atoms with Gasteiger partial charge in [0.15, 0.2) is 17.5 Å². The smallest absolute Gasteiger partial charge is 0.164 e. The molecule has 0 aliphatic heterocycles. The number of pyridine rings is 1. The van der Waals surface area contributed by atoms with E-state index in [9.17, 15) is 0 Å². The van der Waals surface area contributed by atoms with Gasteiger partial charge in [0.05, 0.1) is 5.69 Å². The van der Waals surface area contributed by atoms with Crippen LogP contribution < -0.4 is 0 Å². The lowest BCUT2D eigenvalue weighted by Gasteiger charge is -2.27. The van der Waals surface area contributed by atoms with Gasteiger partial charge in [-0.05, 0) is 49.6 Å². The fourth-order valence-corrected chi connectivity index (χ4v) is 4.84. The van der Waals surface area contributed by atoms with Crippen molar-refractivity contribution in [2.75, 3.05) is 0 Å². The molecule has 39 heavy (non-hydrogen) atoms. The molecule has 0 N–H and O–H groups in total. The summed E-state index contributed by atoms with van der Waals surface area (Å²) in [6, 6.07) is 31.2. The Morgan fingerprint density at radius 1 is 0.615 bits per heavy atom. The second-order valence-electron chi connectivity index (χ2n) is 10.4. The third-order valence-electron chi connectivity index (χ3n) is 7.34. The highest BCUT2D eigenvalue weighted by atomic mass is 15.0. The topological polar surface area (TPSA) is 51.6 Å². The molecule has 0 amide bonds. The summed E-state index contributed by atoms with van der Waals surface area (Å²) in [6.45, 7) is 6.40. The monoisotopic (exact) mass is 506 g/mol. The van der Waals surface area contributed by atoms with Crippen LogP contribution >= 0.6 is 0 Å². The Kier molecular flexibility index (Phi) is 6.45. The molecule has 190 valence electrons. The average molecular weight is 507 g/mol. The first-order chi connectivity index (χ1) is 19.0. The molecule has 0 saturated carbocycles.